The van der Waals surface area contributed by atoms with Gasteiger partial charge in [-0.25, -0.2) is 0 Å². The summed E-state index contributed by atoms with van der Waals surface area (Å²) < 4.78 is 6.66. The van der Waals surface area contributed by atoms with Gasteiger partial charge in [-0.1, -0.05) is 18.2 Å². The molecular formula is C12H8OS. The van der Waals surface area contributed by atoms with E-state index in [1.54, 1.807) is 17.6 Å². The van der Waals surface area contributed by atoms with E-state index in [0.717, 1.165) is 5.76 Å². The van der Waals surface area contributed by atoms with Crippen LogP contribution in [0.2, 0.25) is 0 Å². The lowest BCUT2D eigenvalue weighted by Crippen LogP contribution is -1.60. The molecule has 0 spiro atoms. The van der Waals surface area contributed by atoms with Gasteiger partial charge >= 0.3 is 0 Å². The van der Waals surface area contributed by atoms with Gasteiger partial charge in [0.05, 0.1) is 11.1 Å². The molecule has 0 unspecified atom stereocenters. The van der Waals surface area contributed by atoms with Crippen molar-refractivity contribution in [1.82, 2.24) is 0 Å². The summed E-state index contributed by atoms with van der Waals surface area (Å²) in [6.45, 7) is 0. The second-order valence-corrected chi connectivity index (χ2v) is 4.21. The summed E-state index contributed by atoms with van der Waals surface area (Å²) in [5.74, 6) is 0.950. The number of fused-ring (bicyclic) bond motifs is 1. The molecule has 0 atom stereocenters. The number of rotatable bonds is 1. The molecule has 0 radical (unpaired) electrons. The zero-order valence-corrected chi connectivity index (χ0v) is 8.25. The molecule has 0 bridgehead atoms. The predicted molar refractivity (Wildman–Crippen MR) is 59.5 cm³/mol. The fraction of sp³-hybridized carbons (Fsp3) is 0. The minimum Gasteiger partial charge on any atom is -0.464 e. The number of furan rings is 1. The zero-order valence-electron chi connectivity index (χ0n) is 7.44. The third-order valence-electron chi connectivity index (χ3n) is 2.19. The average Bonchev–Trinajstić information content (AvgIpc) is 2.86. The van der Waals surface area contributed by atoms with Crippen LogP contribution >= 0.6 is 11.3 Å². The van der Waals surface area contributed by atoms with Crippen LogP contribution in [0.25, 0.3) is 20.7 Å². The molecule has 2 heterocycles. The Bertz CT molecular complexity index is 515. The molecule has 0 aliphatic rings. The molecule has 68 valence electrons. The highest BCUT2D eigenvalue weighted by Crippen LogP contribution is 2.33. The van der Waals surface area contributed by atoms with Crippen LogP contribution < -0.4 is 0 Å². The summed E-state index contributed by atoms with van der Waals surface area (Å²) in [4.78, 5) is 1.19. The Morgan fingerprint density at radius 2 is 1.93 bits per heavy atom. The van der Waals surface area contributed by atoms with Gasteiger partial charge in [-0.05, 0) is 29.7 Å². The van der Waals surface area contributed by atoms with Gasteiger partial charge in [0.1, 0.15) is 5.76 Å². The summed E-state index contributed by atoms with van der Waals surface area (Å²) >= 11 is 1.76. The SMILES string of the molecule is c1coc(-c2cc3ccccc3s2)c1. The number of hydrogen-bond acceptors (Lipinski definition) is 2. The summed E-state index contributed by atoms with van der Waals surface area (Å²) in [7, 11) is 0. The van der Waals surface area contributed by atoms with Crippen LogP contribution in [0, 0.1) is 0 Å². The molecule has 2 heteroatoms. The molecule has 0 aliphatic carbocycles. The number of thiophene rings is 1. The predicted octanol–water partition coefficient (Wildman–Crippen LogP) is 4.16. The first-order chi connectivity index (χ1) is 6.93. The quantitative estimate of drug-likeness (QED) is 0.574. The lowest BCUT2D eigenvalue weighted by molar-refractivity contribution is 0.584. The van der Waals surface area contributed by atoms with E-state index < -0.39 is 0 Å². The van der Waals surface area contributed by atoms with Crippen molar-refractivity contribution in [2.75, 3.05) is 0 Å². The van der Waals surface area contributed by atoms with Gasteiger partial charge in [-0.3, -0.25) is 0 Å². The van der Waals surface area contributed by atoms with Gasteiger partial charge in [0.25, 0.3) is 0 Å². The lowest BCUT2D eigenvalue weighted by atomic mass is 10.2. The minimum absolute atomic E-state index is 0.950. The van der Waals surface area contributed by atoms with Crippen molar-refractivity contribution in [2.24, 2.45) is 0 Å². The molecular weight excluding hydrogens is 192 g/mol. The van der Waals surface area contributed by atoms with Crippen molar-refractivity contribution in [2.45, 2.75) is 0 Å². The van der Waals surface area contributed by atoms with Crippen LogP contribution in [0.15, 0.2) is 53.1 Å². The second kappa shape index (κ2) is 3.00. The largest absolute Gasteiger partial charge is 0.464 e. The maximum Gasteiger partial charge on any atom is 0.143 e. The van der Waals surface area contributed by atoms with Gasteiger partial charge in [0.15, 0.2) is 0 Å². The lowest BCUT2D eigenvalue weighted by Gasteiger charge is -1.85. The summed E-state index contributed by atoms with van der Waals surface area (Å²) in [5.41, 5.74) is 0. The van der Waals surface area contributed by atoms with Crippen molar-refractivity contribution in [3.05, 3.63) is 48.7 Å². The molecule has 1 nitrogen and oxygen atoms in total. The van der Waals surface area contributed by atoms with E-state index in [4.69, 9.17) is 4.42 Å². The van der Waals surface area contributed by atoms with Crippen LogP contribution in [0.5, 0.6) is 0 Å². The van der Waals surface area contributed by atoms with Gasteiger partial charge < -0.3 is 4.42 Å². The van der Waals surface area contributed by atoms with Crippen molar-refractivity contribution >= 4 is 21.4 Å². The van der Waals surface area contributed by atoms with Gasteiger partial charge in [0.2, 0.25) is 0 Å². The van der Waals surface area contributed by atoms with E-state index in [9.17, 15) is 0 Å². The third kappa shape index (κ3) is 1.16. The molecule has 2 aromatic heterocycles. The van der Waals surface area contributed by atoms with E-state index >= 15 is 0 Å². The Kier molecular flexibility index (Phi) is 1.67. The molecule has 0 aliphatic heterocycles. The Balaban J connectivity index is 2.24. The van der Waals surface area contributed by atoms with Crippen LogP contribution in [0.1, 0.15) is 0 Å². The molecule has 0 saturated heterocycles. The summed E-state index contributed by atoms with van der Waals surface area (Å²) in [6.07, 6.45) is 1.71. The van der Waals surface area contributed by atoms with Crippen LogP contribution in [-0.2, 0) is 0 Å². The normalized spacial score (nSPS) is 10.9. The topological polar surface area (TPSA) is 13.1 Å². The van der Waals surface area contributed by atoms with Gasteiger partial charge in [0, 0.05) is 4.70 Å². The standard InChI is InChI=1S/C12H8OS/c1-2-6-11-9(4-1)8-12(14-11)10-5-3-7-13-10/h1-8H. The smallest absolute Gasteiger partial charge is 0.143 e. The van der Waals surface area contributed by atoms with E-state index in [1.165, 1.54) is 15.0 Å². The fourth-order valence-corrected chi connectivity index (χ4v) is 2.55. The van der Waals surface area contributed by atoms with Crippen molar-refractivity contribution in [3.63, 3.8) is 0 Å². The second-order valence-electron chi connectivity index (χ2n) is 3.13. The summed E-state index contributed by atoms with van der Waals surface area (Å²) in [6, 6.07) is 14.4. The Morgan fingerprint density at radius 1 is 1.00 bits per heavy atom. The number of benzene rings is 1. The number of hydrogen-bond donors (Lipinski definition) is 0. The first kappa shape index (κ1) is 7.83. The molecule has 0 N–H and O–H groups in total. The summed E-state index contributed by atoms with van der Waals surface area (Å²) in [5, 5.41) is 1.28. The van der Waals surface area contributed by atoms with Gasteiger partial charge in [-0.15, -0.1) is 11.3 Å². The van der Waals surface area contributed by atoms with Crippen molar-refractivity contribution < 1.29 is 4.42 Å². The van der Waals surface area contributed by atoms with E-state index in [0.29, 0.717) is 0 Å². The molecule has 0 fully saturated rings. The minimum atomic E-state index is 0.950. The first-order valence-electron chi connectivity index (χ1n) is 4.46. The first-order valence-corrected chi connectivity index (χ1v) is 5.27. The molecule has 0 amide bonds. The van der Waals surface area contributed by atoms with E-state index in [2.05, 4.69) is 30.3 Å². The fourth-order valence-electron chi connectivity index (χ4n) is 1.52. The van der Waals surface area contributed by atoms with Crippen molar-refractivity contribution in [3.8, 4) is 10.6 Å². The highest BCUT2D eigenvalue weighted by molar-refractivity contribution is 7.22. The third-order valence-corrected chi connectivity index (χ3v) is 3.32. The van der Waals surface area contributed by atoms with E-state index in [-0.39, 0.29) is 0 Å². The maximum absolute atomic E-state index is 5.36. The molecule has 14 heavy (non-hydrogen) atoms. The zero-order chi connectivity index (χ0) is 9.38. The van der Waals surface area contributed by atoms with Crippen LogP contribution in [-0.4, -0.2) is 0 Å². The van der Waals surface area contributed by atoms with Crippen LogP contribution in [0.3, 0.4) is 0 Å². The van der Waals surface area contributed by atoms with Crippen molar-refractivity contribution in [1.29, 1.82) is 0 Å². The highest BCUT2D eigenvalue weighted by atomic mass is 32.1. The monoisotopic (exact) mass is 200 g/mol. The van der Waals surface area contributed by atoms with Crippen LogP contribution in [0.4, 0.5) is 0 Å². The van der Waals surface area contributed by atoms with E-state index in [1.807, 2.05) is 12.1 Å². The molecule has 1 aromatic carbocycles. The molecule has 3 rings (SSSR count). The Hall–Kier alpha value is -1.54. The molecule has 3 aromatic rings. The molecule has 0 saturated carbocycles. The Labute approximate surface area is 85.6 Å². The highest BCUT2D eigenvalue weighted by Gasteiger charge is 2.04. The maximum atomic E-state index is 5.36. The average molecular weight is 200 g/mol. The van der Waals surface area contributed by atoms with Gasteiger partial charge in [-0.2, -0.15) is 0 Å². The Morgan fingerprint density at radius 3 is 2.71 bits per heavy atom.